The van der Waals surface area contributed by atoms with Gasteiger partial charge < -0.3 is 4.98 Å². The average molecular weight is 340 g/mol. The number of halogens is 2. The zero-order valence-electron chi connectivity index (χ0n) is 11.9. The second-order valence-corrected chi connectivity index (χ2v) is 6.00. The molecule has 4 aromatic rings. The summed E-state index contributed by atoms with van der Waals surface area (Å²) in [6.07, 6.45) is 3.44. The molecular formula is C18H11Cl2N3. The Morgan fingerprint density at radius 3 is 2.70 bits per heavy atom. The van der Waals surface area contributed by atoms with Gasteiger partial charge in [-0.1, -0.05) is 35.3 Å². The Morgan fingerprint density at radius 1 is 0.870 bits per heavy atom. The first-order valence-electron chi connectivity index (χ1n) is 7.06. The smallest absolute Gasteiger partial charge is 0.0931 e. The molecule has 1 N–H and O–H groups in total. The zero-order valence-corrected chi connectivity index (χ0v) is 13.4. The number of pyridine rings is 1. The van der Waals surface area contributed by atoms with Gasteiger partial charge in [-0.2, -0.15) is 0 Å². The van der Waals surface area contributed by atoms with E-state index >= 15 is 0 Å². The number of nitrogens with zero attached hydrogens (tertiary/aromatic N) is 2. The summed E-state index contributed by atoms with van der Waals surface area (Å²) in [4.78, 5) is 11.9. The highest BCUT2D eigenvalue weighted by molar-refractivity contribution is 6.35. The molecular weight excluding hydrogens is 329 g/mol. The van der Waals surface area contributed by atoms with E-state index in [0.717, 1.165) is 33.4 Å². The number of aromatic nitrogens is 3. The van der Waals surface area contributed by atoms with Crippen molar-refractivity contribution < 1.29 is 0 Å². The van der Waals surface area contributed by atoms with E-state index < -0.39 is 0 Å². The fourth-order valence-electron chi connectivity index (χ4n) is 2.63. The van der Waals surface area contributed by atoms with E-state index in [4.69, 9.17) is 23.2 Å². The maximum atomic E-state index is 6.35. The minimum Gasteiger partial charge on any atom is -0.345 e. The summed E-state index contributed by atoms with van der Waals surface area (Å²) < 4.78 is 0. The molecule has 0 aliphatic carbocycles. The van der Waals surface area contributed by atoms with E-state index in [1.807, 2.05) is 30.3 Å². The van der Waals surface area contributed by atoms with E-state index in [1.165, 1.54) is 0 Å². The van der Waals surface area contributed by atoms with Gasteiger partial charge in [0.1, 0.15) is 0 Å². The molecule has 0 atom stereocenters. The van der Waals surface area contributed by atoms with Gasteiger partial charge in [-0.3, -0.25) is 4.98 Å². The number of hydrogen-bond acceptors (Lipinski definition) is 2. The van der Waals surface area contributed by atoms with Crippen LogP contribution in [-0.4, -0.2) is 15.0 Å². The van der Waals surface area contributed by atoms with Gasteiger partial charge in [0.2, 0.25) is 0 Å². The molecule has 0 saturated heterocycles. The number of rotatable bonds is 2. The van der Waals surface area contributed by atoms with Crippen molar-refractivity contribution in [1.82, 2.24) is 15.0 Å². The molecule has 0 unspecified atom stereocenters. The molecule has 0 saturated carbocycles. The summed E-state index contributed by atoms with van der Waals surface area (Å²) in [6.45, 7) is 0. The highest BCUT2D eigenvalue weighted by Crippen LogP contribution is 2.36. The molecule has 0 amide bonds. The third-order valence-electron chi connectivity index (χ3n) is 3.72. The number of H-pyrrole nitrogens is 1. The fourth-order valence-corrected chi connectivity index (χ4v) is 3.01. The lowest BCUT2D eigenvalue weighted by Gasteiger charge is -2.11. The summed E-state index contributed by atoms with van der Waals surface area (Å²) in [5.74, 6) is 0. The standard InChI is InChI=1S/C18H11Cl2N3/c19-12-4-5-15(20)14(9-12)18-13(2-1-7-21-18)11-3-6-16-17(8-11)23-10-22-16/h1-10H,(H,22,23). The number of fused-ring (bicyclic) bond motifs is 1. The van der Waals surface area contributed by atoms with Gasteiger partial charge in [0.05, 0.1) is 28.1 Å². The molecule has 0 spiro atoms. The first-order chi connectivity index (χ1) is 11.2. The third kappa shape index (κ3) is 2.58. The monoisotopic (exact) mass is 339 g/mol. The maximum absolute atomic E-state index is 6.35. The van der Waals surface area contributed by atoms with Crippen LogP contribution in [0.25, 0.3) is 33.4 Å². The lowest BCUT2D eigenvalue weighted by atomic mass is 9.99. The Balaban J connectivity index is 1.94. The predicted octanol–water partition coefficient (Wildman–Crippen LogP) is 5.60. The van der Waals surface area contributed by atoms with E-state index in [-0.39, 0.29) is 0 Å². The normalized spacial score (nSPS) is 11.0. The third-order valence-corrected chi connectivity index (χ3v) is 4.29. The summed E-state index contributed by atoms with van der Waals surface area (Å²) >= 11 is 12.5. The first-order valence-corrected chi connectivity index (χ1v) is 7.82. The van der Waals surface area contributed by atoms with Crippen LogP contribution in [0.4, 0.5) is 0 Å². The molecule has 0 radical (unpaired) electrons. The van der Waals surface area contributed by atoms with Crippen LogP contribution in [0.15, 0.2) is 61.1 Å². The molecule has 0 bridgehead atoms. The van der Waals surface area contributed by atoms with Gasteiger partial charge in [0.25, 0.3) is 0 Å². The van der Waals surface area contributed by atoms with Gasteiger partial charge in [0.15, 0.2) is 0 Å². The second kappa shape index (κ2) is 5.69. The first kappa shape index (κ1) is 14.2. The summed E-state index contributed by atoms with van der Waals surface area (Å²) in [7, 11) is 0. The minimum absolute atomic E-state index is 0.622. The Kier molecular flexibility index (Phi) is 3.52. The molecule has 5 heteroatoms. The number of nitrogens with one attached hydrogen (secondary N) is 1. The van der Waals surface area contributed by atoms with Crippen LogP contribution >= 0.6 is 23.2 Å². The molecule has 2 aromatic carbocycles. The molecule has 0 fully saturated rings. The van der Waals surface area contributed by atoms with Gasteiger partial charge in [0, 0.05) is 22.3 Å². The molecule has 0 aliphatic rings. The zero-order chi connectivity index (χ0) is 15.8. The number of imidazole rings is 1. The maximum Gasteiger partial charge on any atom is 0.0931 e. The van der Waals surface area contributed by atoms with Gasteiger partial charge in [-0.05, 0) is 42.0 Å². The van der Waals surface area contributed by atoms with Crippen molar-refractivity contribution in [2.24, 2.45) is 0 Å². The topological polar surface area (TPSA) is 41.6 Å². The van der Waals surface area contributed by atoms with Crippen LogP contribution in [0.1, 0.15) is 0 Å². The van der Waals surface area contributed by atoms with Gasteiger partial charge in [-0.15, -0.1) is 0 Å². The molecule has 23 heavy (non-hydrogen) atoms. The Hall–Kier alpha value is -2.36. The van der Waals surface area contributed by atoms with Crippen LogP contribution in [0.5, 0.6) is 0 Å². The van der Waals surface area contributed by atoms with E-state index in [9.17, 15) is 0 Å². The summed E-state index contributed by atoms with van der Waals surface area (Å²) in [6, 6.07) is 15.4. The average Bonchev–Trinajstić information content (AvgIpc) is 3.05. The van der Waals surface area contributed by atoms with Crippen molar-refractivity contribution in [2.75, 3.05) is 0 Å². The fraction of sp³-hybridized carbons (Fsp3) is 0. The van der Waals surface area contributed by atoms with E-state index in [2.05, 4.69) is 21.0 Å². The van der Waals surface area contributed by atoms with Crippen LogP contribution in [0.3, 0.4) is 0 Å². The van der Waals surface area contributed by atoms with E-state index in [0.29, 0.717) is 10.0 Å². The van der Waals surface area contributed by atoms with Crippen LogP contribution in [-0.2, 0) is 0 Å². The number of benzene rings is 2. The SMILES string of the molecule is Clc1ccc(Cl)c(-c2ncccc2-c2ccc3nc[nH]c3c2)c1. The van der Waals surface area contributed by atoms with Gasteiger partial charge in [-0.25, -0.2) is 4.98 Å². The van der Waals surface area contributed by atoms with Crippen molar-refractivity contribution in [1.29, 1.82) is 0 Å². The minimum atomic E-state index is 0.622. The van der Waals surface area contributed by atoms with Crippen molar-refractivity contribution >= 4 is 34.2 Å². The van der Waals surface area contributed by atoms with E-state index in [1.54, 1.807) is 24.7 Å². The summed E-state index contributed by atoms with van der Waals surface area (Å²) in [5.41, 5.74) is 5.57. The molecule has 0 aliphatic heterocycles. The molecule has 2 aromatic heterocycles. The highest BCUT2D eigenvalue weighted by atomic mass is 35.5. The predicted molar refractivity (Wildman–Crippen MR) is 94.8 cm³/mol. The molecule has 4 rings (SSSR count). The second-order valence-electron chi connectivity index (χ2n) is 5.16. The Labute approximate surface area is 142 Å². The van der Waals surface area contributed by atoms with Gasteiger partial charge >= 0.3 is 0 Å². The van der Waals surface area contributed by atoms with Crippen molar-refractivity contribution in [2.45, 2.75) is 0 Å². The Morgan fingerprint density at radius 2 is 1.78 bits per heavy atom. The Bertz CT molecular complexity index is 1010. The summed E-state index contributed by atoms with van der Waals surface area (Å²) in [5, 5.41) is 1.25. The largest absolute Gasteiger partial charge is 0.345 e. The molecule has 2 heterocycles. The van der Waals surface area contributed by atoms with Crippen molar-refractivity contribution in [3.8, 4) is 22.4 Å². The van der Waals surface area contributed by atoms with Crippen molar-refractivity contribution in [3.63, 3.8) is 0 Å². The molecule has 3 nitrogen and oxygen atoms in total. The lowest BCUT2D eigenvalue weighted by molar-refractivity contribution is 1.32. The lowest BCUT2D eigenvalue weighted by Crippen LogP contribution is -1.90. The van der Waals surface area contributed by atoms with Crippen LogP contribution in [0, 0.1) is 0 Å². The highest BCUT2D eigenvalue weighted by Gasteiger charge is 2.13. The quantitative estimate of drug-likeness (QED) is 0.516. The molecule has 112 valence electrons. The number of aromatic amines is 1. The van der Waals surface area contributed by atoms with Crippen LogP contribution < -0.4 is 0 Å². The van der Waals surface area contributed by atoms with Crippen molar-refractivity contribution in [3.05, 3.63) is 71.1 Å². The van der Waals surface area contributed by atoms with Crippen LogP contribution in [0.2, 0.25) is 10.0 Å². The number of hydrogen-bond donors (Lipinski definition) is 1.